The Morgan fingerprint density at radius 3 is 2.42 bits per heavy atom. The zero-order valence-electron chi connectivity index (χ0n) is 11.8. The molecule has 106 valence electrons. The van der Waals surface area contributed by atoms with Crippen molar-refractivity contribution in [2.24, 2.45) is 0 Å². The van der Waals surface area contributed by atoms with E-state index < -0.39 is 10.0 Å². The lowest BCUT2D eigenvalue weighted by atomic mass is 9.92. The second kappa shape index (κ2) is 5.23. The Labute approximate surface area is 115 Å². The van der Waals surface area contributed by atoms with Crippen LogP contribution < -0.4 is 10.0 Å². The molecule has 0 atom stereocenters. The highest BCUT2D eigenvalue weighted by molar-refractivity contribution is 7.89. The van der Waals surface area contributed by atoms with Crippen LogP contribution in [0.2, 0.25) is 0 Å². The summed E-state index contributed by atoms with van der Waals surface area (Å²) >= 11 is 0. The van der Waals surface area contributed by atoms with Gasteiger partial charge >= 0.3 is 0 Å². The fourth-order valence-corrected chi connectivity index (χ4v) is 4.25. The van der Waals surface area contributed by atoms with E-state index in [9.17, 15) is 8.42 Å². The zero-order valence-corrected chi connectivity index (χ0v) is 12.6. The quantitative estimate of drug-likeness (QED) is 0.887. The highest BCUT2D eigenvalue weighted by atomic mass is 32.2. The van der Waals surface area contributed by atoms with Crippen LogP contribution in [0.5, 0.6) is 0 Å². The summed E-state index contributed by atoms with van der Waals surface area (Å²) in [5.74, 6) is 0. The van der Waals surface area contributed by atoms with Gasteiger partial charge in [0.05, 0.1) is 4.90 Å². The number of nitrogens with one attached hydrogen (secondary N) is 2. The fourth-order valence-electron chi connectivity index (χ4n) is 2.56. The van der Waals surface area contributed by atoms with E-state index in [4.69, 9.17) is 0 Å². The van der Waals surface area contributed by atoms with Gasteiger partial charge in [0.25, 0.3) is 0 Å². The van der Waals surface area contributed by atoms with Gasteiger partial charge in [0.2, 0.25) is 10.0 Å². The van der Waals surface area contributed by atoms with Crippen LogP contribution in [0.25, 0.3) is 0 Å². The lowest BCUT2D eigenvalue weighted by molar-refractivity contribution is 0.308. The maximum absolute atomic E-state index is 12.5. The topological polar surface area (TPSA) is 58.2 Å². The molecule has 0 saturated carbocycles. The van der Waals surface area contributed by atoms with Crippen molar-refractivity contribution in [1.29, 1.82) is 0 Å². The van der Waals surface area contributed by atoms with Gasteiger partial charge < -0.3 is 5.32 Å². The van der Waals surface area contributed by atoms with Gasteiger partial charge in [-0.15, -0.1) is 0 Å². The Hall–Kier alpha value is -0.910. The average Bonchev–Trinajstić information content (AvgIpc) is 2.27. The van der Waals surface area contributed by atoms with Crippen molar-refractivity contribution in [3.8, 4) is 0 Å². The number of piperidine rings is 1. The minimum absolute atomic E-state index is 0.346. The van der Waals surface area contributed by atoms with E-state index >= 15 is 0 Å². The zero-order chi connectivity index (χ0) is 14.1. The standard InChI is InChI=1S/C14H22N2O2S/c1-11-4-5-13(12(2)10-11)19(17,18)16-14(3)6-8-15-9-7-14/h4-5,10,15-16H,6-9H2,1-3H3. The van der Waals surface area contributed by atoms with Gasteiger partial charge in [0.15, 0.2) is 0 Å². The Kier molecular flexibility index (Phi) is 3.99. The van der Waals surface area contributed by atoms with E-state index in [1.54, 1.807) is 6.07 Å². The van der Waals surface area contributed by atoms with E-state index in [1.807, 2.05) is 32.9 Å². The Balaban J connectivity index is 2.27. The van der Waals surface area contributed by atoms with Crippen LogP contribution in [-0.4, -0.2) is 27.0 Å². The van der Waals surface area contributed by atoms with E-state index in [-0.39, 0.29) is 5.54 Å². The van der Waals surface area contributed by atoms with Crippen molar-refractivity contribution in [3.05, 3.63) is 29.3 Å². The molecule has 0 amide bonds. The van der Waals surface area contributed by atoms with Crippen molar-refractivity contribution in [3.63, 3.8) is 0 Å². The maximum atomic E-state index is 12.5. The first kappa shape index (κ1) is 14.5. The van der Waals surface area contributed by atoms with Gasteiger partial charge in [0.1, 0.15) is 0 Å². The van der Waals surface area contributed by atoms with E-state index in [1.165, 1.54) is 0 Å². The van der Waals surface area contributed by atoms with Crippen LogP contribution >= 0.6 is 0 Å². The molecule has 1 saturated heterocycles. The Morgan fingerprint density at radius 2 is 1.84 bits per heavy atom. The van der Waals surface area contributed by atoms with Gasteiger partial charge in [-0.2, -0.15) is 0 Å². The van der Waals surface area contributed by atoms with Crippen molar-refractivity contribution in [2.75, 3.05) is 13.1 Å². The molecule has 1 fully saturated rings. The second-order valence-electron chi connectivity index (χ2n) is 5.69. The predicted octanol–water partition coefficient (Wildman–Crippen LogP) is 1.72. The summed E-state index contributed by atoms with van der Waals surface area (Å²) in [5.41, 5.74) is 1.52. The summed E-state index contributed by atoms with van der Waals surface area (Å²) < 4.78 is 27.9. The molecule has 0 aromatic heterocycles. The molecular weight excluding hydrogens is 260 g/mol. The molecule has 19 heavy (non-hydrogen) atoms. The first-order valence-electron chi connectivity index (χ1n) is 6.64. The number of sulfonamides is 1. The van der Waals surface area contributed by atoms with Crippen LogP contribution in [0.3, 0.4) is 0 Å². The number of rotatable bonds is 3. The molecule has 1 aromatic carbocycles. The second-order valence-corrected chi connectivity index (χ2v) is 7.34. The molecule has 4 nitrogen and oxygen atoms in total. The van der Waals surface area contributed by atoms with E-state index in [2.05, 4.69) is 10.0 Å². The number of hydrogen-bond donors (Lipinski definition) is 2. The monoisotopic (exact) mass is 282 g/mol. The molecular formula is C14H22N2O2S. The lowest BCUT2D eigenvalue weighted by Gasteiger charge is -2.34. The normalized spacial score (nSPS) is 19.3. The molecule has 2 N–H and O–H groups in total. The number of hydrogen-bond acceptors (Lipinski definition) is 3. The van der Waals surface area contributed by atoms with Crippen molar-refractivity contribution in [1.82, 2.24) is 10.0 Å². The summed E-state index contributed by atoms with van der Waals surface area (Å²) in [5, 5.41) is 3.25. The smallest absolute Gasteiger partial charge is 0.241 e. The first-order valence-corrected chi connectivity index (χ1v) is 8.13. The predicted molar refractivity (Wildman–Crippen MR) is 76.7 cm³/mol. The van der Waals surface area contributed by atoms with Gasteiger partial charge in [-0.05, 0) is 58.3 Å². The average molecular weight is 282 g/mol. The molecule has 0 spiro atoms. The maximum Gasteiger partial charge on any atom is 0.241 e. The molecule has 0 unspecified atom stereocenters. The molecule has 5 heteroatoms. The third kappa shape index (κ3) is 3.35. The SMILES string of the molecule is Cc1ccc(S(=O)(=O)NC2(C)CCNCC2)c(C)c1. The first-order chi connectivity index (χ1) is 8.82. The summed E-state index contributed by atoms with van der Waals surface area (Å²) in [6.45, 7) is 7.49. The van der Waals surface area contributed by atoms with Crippen LogP contribution in [0, 0.1) is 13.8 Å². The van der Waals surface area contributed by atoms with Gasteiger partial charge in [0, 0.05) is 5.54 Å². The largest absolute Gasteiger partial charge is 0.317 e. The Morgan fingerprint density at radius 1 is 1.21 bits per heavy atom. The van der Waals surface area contributed by atoms with Gasteiger partial charge in [-0.25, -0.2) is 13.1 Å². The minimum Gasteiger partial charge on any atom is -0.317 e. The highest BCUT2D eigenvalue weighted by Crippen LogP contribution is 2.23. The highest BCUT2D eigenvalue weighted by Gasteiger charge is 2.32. The molecule has 0 radical (unpaired) electrons. The van der Waals surface area contributed by atoms with Gasteiger partial charge in [-0.1, -0.05) is 17.7 Å². The molecule has 0 aliphatic carbocycles. The molecule has 0 bridgehead atoms. The summed E-state index contributed by atoms with van der Waals surface area (Å²) in [7, 11) is -3.44. The van der Waals surface area contributed by atoms with Crippen LogP contribution in [0.1, 0.15) is 30.9 Å². The molecule has 1 aliphatic heterocycles. The van der Waals surface area contributed by atoms with Crippen LogP contribution in [0.4, 0.5) is 0 Å². The Bertz CT molecular complexity index is 561. The van der Waals surface area contributed by atoms with Crippen molar-refractivity contribution in [2.45, 2.75) is 44.0 Å². The van der Waals surface area contributed by atoms with Crippen molar-refractivity contribution < 1.29 is 8.42 Å². The summed E-state index contributed by atoms with van der Waals surface area (Å²) in [6, 6.07) is 5.43. The minimum atomic E-state index is -3.44. The molecule has 2 rings (SSSR count). The van der Waals surface area contributed by atoms with Crippen LogP contribution in [0.15, 0.2) is 23.1 Å². The van der Waals surface area contributed by atoms with E-state index in [0.717, 1.165) is 37.1 Å². The third-order valence-corrected chi connectivity index (χ3v) is 5.51. The fraction of sp³-hybridized carbons (Fsp3) is 0.571. The summed E-state index contributed by atoms with van der Waals surface area (Å²) in [6.07, 6.45) is 1.63. The molecule has 1 aliphatic rings. The molecule has 1 heterocycles. The molecule has 1 aromatic rings. The number of benzene rings is 1. The summed E-state index contributed by atoms with van der Waals surface area (Å²) in [4.78, 5) is 0.387. The van der Waals surface area contributed by atoms with Crippen molar-refractivity contribution >= 4 is 10.0 Å². The van der Waals surface area contributed by atoms with Crippen LogP contribution in [-0.2, 0) is 10.0 Å². The lowest BCUT2D eigenvalue weighted by Crippen LogP contribution is -2.52. The third-order valence-electron chi connectivity index (χ3n) is 3.71. The van der Waals surface area contributed by atoms with Gasteiger partial charge in [-0.3, -0.25) is 0 Å². The van der Waals surface area contributed by atoms with E-state index in [0.29, 0.717) is 4.90 Å². The number of aryl methyl sites for hydroxylation is 2.